The number of amides is 2. The fourth-order valence-corrected chi connectivity index (χ4v) is 1.01. The van der Waals surface area contributed by atoms with E-state index in [1.54, 1.807) is 6.92 Å². The molecule has 0 aromatic carbocycles. The zero-order valence-electron chi connectivity index (χ0n) is 6.00. The molecule has 56 valence electrons. The summed E-state index contributed by atoms with van der Waals surface area (Å²) in [7, 11) is 1.45. The van der Waals surface area contributed by atoms with E-state index in [1.165, 1.54) is 7.05 Å². The van der Waals surface area contributed by atoms with E-state index < -0.39 is 6.04 Å². The number of nitrogens with two attached hydrogens (primary N) is 1. The zero-order chi connectivity index (χ0) is 7.89. The van der Waals surface area contributed by atoms with Crippen molar-refractivity contribution in [3.8, 4) is 0 Å². The van der Waals surface area contributed by atoms with Crippen molar-refractivity contribution >= 4 is 11.8 Å². The third-order valence-corrected chi connectivity index (χ3v) is 1.87. The average molecular weight is 142 g/mol. The molecule has 0 spiro atoms. The van der Waals surface area contributed by atoms with Crippen LogP contribution in [0.25, 0.3) is 0 Å². The first kappa shape index (κ1) is 7.21. The SMILES string of the molecule is C[C@@H]1C(=O)N(C)C(=O)C1N. The fourth-order valence-electron chi connectivity index (χ4n) is 1.01. The highest BCUT2D eigenvalue weighted by Gasteiger charge is 2.40. The Hall–Kier alpha value is -0.900. The molecule has 0 radical (unpaired) electrons. The summed E-state index contributed by atoms with van der Waals surface area (Å²) >= 11 is 0. The molecule has 1 aliphatic heterocycles. The summed E-state index contributed by atoms with van der Waals surface area (Å²) in [5.74, 6) is -0.812. The molecule has 10 heavy (non-hydrogen) atoms. The average Bonchev–Trinajstić information content (AvgIpc) is 2.07. The molecule has 2 atom stereocenters. The van der Waals surface area contributed by atoms with E-state index in [0.717, 1.165) is 4.90 Å². The summed E-state index contributed by atoms with van der Waals surface area (Å²) in [5.41, 5.74) is 5.39. The molecule has 0 saturated carbocycles. The van der Waals surface area contributed by atoms with E-state index in [1.807, 2.05) is 0 Å². The Morgan fingerprint density at radius 2 is 1.90 bits per heavy atom. The minimum atomic E-state index is -0.627. The Balaban J connectivity index is 2.89. The van der Waals surface area contributed by atoms with Gasteiger partial charge in [0, 0.05) is 7.05 Å². The van der Waals surface area contributed by atoms with Crippen molar-refractivity contribution < 1.29 is 9.59 Å². The topological polar surface area (TPSA) is 63.4 Å². The molecule has 0 aromatic heterocycles. The number of rotatable bonds is 0. The first-order valence-electron chi connectivity index (χ1n) is 3.12. The van der Waals surface area contributed by atoms with Crippen molar-refractivity contribution in [2.24, 2.45) is 11.7 Å². The van der Waals surface area contributed by atoms with Crippen molar-refractivity contribution in [1.82, 2.24) is 4.90 Å². The molecule has 0 bridgehead atoms. The highest BCUT2D eigenvalue weighted by Crippen LogP contribution is 2.15. The van der Waals surface area contributed by atoms with Gasteiger partial charge in [-0.25, -0.2) is 0 Å². The minimum absolute atomic E-state index is 0.183. The summed E-state index contributed by atoms with van der Waals surface area (Å²) in [6, 6.07) is -0.627. The van der Waals surface area contributed by atoms with Gasteiger partial charge in [0.25, 0.3) is 0 Å². The molecule has 1 aliphatic rings. The Bertz CT molecular complexity index is 170. The second-order valence-electron chi connectivity index (χ2n) is 2.55. The molecular formula is C6H10N2O2. The zero-order valence-corrected chi connectivity index (χ0v) is 6.00. The van der Waals surface area contributed by atoms with Crippen LogP contribution in [0.1, 0.15) is 6.92 Å². The number of imide groups is 1. The van der Waals surface area contributed by atoms with Crippen LogP contribution in [-0.4, -0.2) is 29.8 Å². The van der Waals surface area contributed by atoms with Gasteiger partial charge < -0.3 is 5.73 Å². The van der Waals surface area contributed by atoms with Gasteiger partial charge in [-0.15, -0.1) is 0 Å². The lowest BCUT2D eigenvalue weighted by atomic mass is 10.1. The quantitative estimate of drug-likeness (QED) is 0.439. The maximum absolute atomic E-state index is 11.0. The smallest absolute Gasteiger partial charge is 0.246 e. The molecule has 2 N–H and O–H groups in total. The van der Waals surface area contributed by atoms with Gasteiger partial charge in [-0.05, 0) is 0 Å². The molecule has 1 saturated heterocycles. The Kier molecular flexibility index (Phi) is 1.48. The number of hydrogen-bond acceptors (Lipinski definition) is 3. The molecule has 1 unspecified atom stereocenters. The summed E-state index contributed by atoms with van der Waals surface area (Å²) < 4.78 is 0. The van der Waals surface area contributed by atoms with Crippen LogP contribution in [-0.2, 0) is 9.59 Å². The normalized spacial score (nSPS) is 33.7. The summed E-state index contributed by atoms with van der Waals surface area (Å²) in [5, 5.41) is 0. The maximum atomic E-state index is 11.0. The van der Waals surface area contributed by atoms with Gasteiger partial charge in [0.15, 0.2) is 0 Å². The summed E-state index contributed by atoms with van der Waals surface area (Å²) in [6.07, 6.45) is 0. The fraction of sp³-hybridized carbons (Fsp3) is 0.667. The van der Waals surface area contributed by atoms with E-state index in [9.17, 15) is 9.59 Å². The van der Waals surface area contributed by atoms with Gasteiger partial charge in [-0.1, -0.05) is 6.92 Å². The number of hydrogen-bond donors (Lipinski definition) is 1. The van der Waals surface area contributed by atoms with Crippen LogP contribution < -0.4 is 5.73 Å². The number of carbonyl (C=O) groups excluding carboxylic acids is 2. The number of nitrogens with zero attached hydrogens (tertiary/aromatic N) is 1. The second kappa shape index (κ2) is 2.05. The third kappa shape index (κ3) is 0.724. The van der Waals surface area contributed by atoms with Gasteiger partial charge in [-0.3, -0.25) is 14.5 Å². The third-order valence-electron chi connectivity index (χ3n) is 1.87. The van der Waals surface area contributed by atoms with Crippen molar-refractivity contribution in [3.05, 3.63) is 0 Å². The molecule has 4 nitrogen and oxygen atoms in total. The van der Waals surface area contributed by atoms with E-state index in [4.69, 9.17) is 5.73 Å². The van der Waals surface area contributed by atoms with Gasteiger partial charge >= 0.3 is 0 Å². The predicted octanol–water partition coefficient (Wildman–Crippen LogP) is -1.05. The standard InChI is InChI=1S/C6H10N2O2/c1-3-4(7)6(10)8(2)5(3)9/h3-4H,7H2,1-2H3/t3-,4?/m0/s1. The van der Waals surface area contributed by atoms with E-state index in [2.05, 4.69) is 0 Å². The van der Waals surface area contributed by atoms with E-state index >= 15 is 0 Å². The molecule has 2 amide bonds. The minimum Gasteiger partial charge on any atom is -0.319 e. The predicted molar refractivity (Wildman–Crippen MR) is 34.9 cm³/mol. The van der Waals surface area contributed by atoms with Crippen LogP contribution >= 0.6 is 0 Å². The Morgan fingerprint density at radius 1 is 1.40 bits per heavy atom. The van der Waals surface area contributed by atoms with Gasteiger partial charge in [0.05, 0.1) is 12.0 Å². The van der Waals surface area contributed by atoms with Crippen LogP contribution in [0.5, 0.6) is 0 Å². The van der Waals surface area contributed by atoms with Gasteiger partial charge in [-0.2, -0.15) is 0 Å². The molecule has 0 aliphatic carbocycles. The summed E-state index contributed by atoms with van der Waals surface area (Å²) in [6.45, 7) is 1.66. The van der Waals surface area contributed by atoms with E-state index in [0.29, 0.717) is 0 Å². The highest BCUT2D eigenvalue weighted by atomic mass is 16.2. The van der Waals surface area contributed by atoms with Crippen LogP contribution in [0.15, 0.2) is 0 Å². The highest BCUT2D eigenvalue weighted by molar-refractivity contribution is 6.06. The molecule has 4 heteroatoms. The lowest BCUT2D eigenvalue weighted by Gasteiger charge is -2.03. The monoisotopic (exact) mass is 142 g/mol. The molecule has 1 heterocycles. The number of carbonyl (C=O) groups is 2. The first-order valence-corrected chi connectivity index (χ1v) is 3.12. The van der Waals surface area contributed by atoms with Crippen molar-refractivity contribution in [2.45, 2.75) is 13.0 Å². The van der Waals surface area contributed by atoms with Crippen LogP contribution in [0, 0.1) is 5.92 Å². The lowest BCUT2D eigenvalue weighted by Crippen LogP contribution is -2.33. The van der Waals surface area contributed by atoms with Gasteiger partial charge in [0.1, 0.15) is 0 Å². The van der Waals surface area contributed by atoms with Crippen molar-refractivity contribution in [3.63, 3.8) is 0 Å². The van der Waals surface area contributed by atoms with Crippen LogP contribution in [0.2, 0.25) is 0 Å². The van der Waals surface area contributed by atoms with Crippen LogP contribution in [0.4, 0.5) is 0 Å². The molecule has 1 rings (SSSR count). The summed E-state index contributed by atoms with van der Waals surface area (Å²) in [4.78, 5) is 22.9. The van der Waals surface area contributed by atoms with Crippen LogP contribution in [0.3, 0.4) is 0 Å². The van der Waals surface area contributed by atoms with Crippen molar-refractivity contribution in [1.29, 1.82) is 0 Å². The van der Waals surface area contributed by atoms with E-state index in [-0.39, 0.29) is 17.7 Å². The molecule has 1 fully saturated rings. The van der Waals surface area contributed by atoms with Crippen molar-refractivity contribution in [2.75, 3.05) is 7.05 Å². The molecular weight excluding hydrogens is 132 g/mol. The largest absolute Gasteiger partial charge is 0.319 e. The number of likely N-dealkylation sites (N-methyl/N-ethyl adjacent to an activating group) is 1. The number of likely N-dealkylation sites (tertiary alicyclic amines) is 1. The van der Waals surface area contributed by atoms with Gasteiger partial charge in [0.2, 0.25) is 11.8 Å². The Morgan fingerprint density at radius 3 is 2.00 bits per heavy atom. The maximum Gasteiger partial charge on any atom is 0.246 e. The first-order chi connectivity index (χ1) is 4.55. The lowest BCUT2D eigenvalue weighted by molar-refractivity contribution is -0.137. The Labute approximate surface area is 59.0 Å². The molecule has 0 aromatic rings. The second-order valence-corrected chi connectivity index (χ2v) is 2.55.